The Balaban J connectivity index is 1.94. The Bertz CT molecular complexity index is 954. The molecule has 0 fully saturated rings. The molecule has 2 aromatic rings. The maximum atomic E-state index is 13.9. The number of ether oxygens (including phenoxy) is 1. The molecule has 1 aliphatic rings. The highest BCUT2D eigenvalue weighted by atomic mass is 32.2. The van der Waals surface area contributed by atoms with Gasteiger partial charge < -0.3 is 4.74 Å². The first kappa shape index (κ1) is 16.1. The molecule has 0 amide bonds. The molecule has 1 aliphatic heterocycles. The van der Waals surface area contributed by atoms with E-state index < -0.39 is 21.8 Å². The van der Waals surface area contributed by atoms with Crippen LogP contribution in [0.5, 0.6) is 0 Å². The van der Waals surface area contributed by atoms with Crippen molar-refractivity contribution in [2.45, 2.75) is 11.4 Å². The molecule has 124 valence electrons. The molecule has 0 spiro atoms. The fourth-order valence-corrected chi connectivity index (χ4v) is 3.61. The van der Waals surface area contributed by atoms with Crippen molar-refractivity contribution in [1.82, 2.24) is 4.72 Å². The molecule has 6 nitrogen and oxygen atoms in total. The van der Waals surface area contributed by atoms with Gasteiger partial charge in [-0.3, -0.25) is 9.71 Å². The van der Waals surface area contributed by atoms with Crippen LogP contribution < -0.4 is 4.72 Å². The molecule has 0 bridgehead atoms. The normalized spacial score (nSPS) is 16.5. The van der Waals surface area contributed by atoms with Crippen molar-refractivity contribution in [2.75, 3.05) is 7.11 Å². The van der Waals surface area contributed by atoms with Gasteiger partial charge in [0.2, 0.25) is 0 Å². The quantitative estimate of drug-likeness (QED) is 0.858. The number of sulfonamides is 1. The Morgan fingerprint density at radius 3 is 2.75 bits per heavy atom. The number of hydrogen-bond donors (Lipinski definition) is 1. The fraction of sp³-hybridized carbons (Fsp3) is 0.125. The summed E-state index contributed by atoms with van der Waals surface area (Å²) in [5, 5.41) is 0. The van der Waals surface area contributed by atoms with Gasteiger partial charge in [0.1, 0.15) is 11.7 Å². The molecule has 0 atom stereocenters. The highest BCUT2D eigenvalue weighted by Crippen LogP contribution is 2.23. The lowest BCUT2D eigenvalue weighted by atomic mass is 10.1. The van der Waals surface area contributed by atoms with Crippen molar-refractivity contribution in [3.8, 4) is 0 Å². The van der Waals surface area contributed by atoms with E-state index in [1.54, 1.807) is 18.2 Å². The third-order valence-electron chi connectivity index (χ3n) is 3.54. The first-order valence-electron chi connectivity index (χ1n) is 6.96. The summed E-state index contributed by atoms with van der Waals surface area (Å²) in [7, 11) is -2.41. The van der Waals surface area contributed by atoms with E-state index >= 15 is 0 Å². The van der Waals surface area contributed by atoms with Crippen LogP contribution in [0.2, 0.25) is 0 Å². The summed E-state index contributed by atoms with van der Waals surface area (Å²) in [6.07, 6.45) is 0. The number of esters is 1. The van der Waals surface area contributed by atoms with E-state index in [-0.39, 0.29) is 28.4 Å². The van der Waals surface area contributed by atoms with E-state index in [1.807, 2.05) is 0 Å². The van der Waals surface area contributed by atoms with Crippen LogP contribution in [0.3, 0.4) is 0 Å². The third kappa shape index (κ3) is 2.88. The topological polar surface area (TPSA) is 84.8 Å². The van der Waals surface area contributed by atoms with Crippen molar-refractivity contribution in [2.24, 2.45) is 4.99 Å². The summed E-state index contributed by atoms with van der Waals surface area (Å²) >= 11 is 0. The van der Waals surface area contributed by atoms with Crippen LogP contribution in [-0.4, -0.2) is 27.3 Å². The van der Waals surface area contributed by atoms with Crippen molar-refractivity contribution in [3.63, 3.8) is 0 Å². The lowest BCUT2D eigenvalue weighted by molar-refractivity contribution is 0.0600. The first-order chi connectivity index (χ1) is 11.4. The predicted molar refractivity (Wildman–Crippen MR) is 84.7 cm³/mol. The van der Waals surface area contributed by atoms with E-state index in [2.05, 4.69) is 14.5 Å². The smallest absolute Gasteiger partial charge is 0.337 e. The summed E-state index contributed by atoms with van der Waals surface area (Å²) < 4.78 is 44.8. The lowest BCUT2D eigenvalue weighted by Gasteiger charge is -2.04. The Kier molecular flexibility index (Phi) is 4.06. The summed E-state index contributed by atoms with van der Waals surface area (Å²) in [6.45, 7) is -0.122. The number of nitrogens with one attached hydrogen (secondary N) is 1. The highest BCUT2D eigenvalue weighted by Gasteiger charge is 2.30. The van der Waals surface area contributed by atoms with Gasteiger partial charge in [0.25, 0.3) is 10.0 Å². The molecular weight excluding hydrogens is 335 g/mol. The van der Waals surface area contributed by atoms with E-state index in [4.69, 9.17) is 0 Å². The zero-order chi connectivity index (χ0) is 17.3. The highest BCUT2D eigenvalue weighted by molar-refractivity contribution is 7.90. The van der Waals surface area contributed by atoms with Crippen molar-refractivity contribution >= 4 is 21.8 Å². The molecule has 24 heavy (non-hydrogen) atoms. The number of rotatable bonds is 3. The van der Waals surface area contributed by atoms with Gasteiger partial charge in [0.05, 0.1) is 24.1 Å². The number of methoxy groups -OCH3 is 1. The number of aliphatic imine (C=N–C) groups is 1. The molecule has 2 aromatic carbocycles. The van der Waals surface area contributed by atoms with Gasteiger partial charge >= 0.3 is 5.97 Å². The molecular formula is C16H13FN2O4S. The van der Waals surface area contributed by atoms with Gasteiger partial charge in [-0.15, -0.1) is 0 Å². The Hall–Kier alpha value is -2.74. The number of nitrogens with zero attached hydrogens (tertiary/aromatic N) is 1. The van der Waals surface area contributed by atoms with Gasteiger partial charge in [-0.2, -0.15) is 0 Å². The third-order valence-corrected chi connectivity index (χ3v) is 4.93. The van der Waals surface area contributed by atoms with Gasteiger partial charge in [-0.25, -0.2) is 17.6 Å². The van der Waals surface area contributed by atoms with Gasteiger partial charge in [0, 0.05) is 11.1 Å². The number of fused-ring (bicyclic) bond motifs is 1. The predicted octanol–water partition coefficient (Wildman–Crippen LogP) is 1.85. The number of halogens is 1. The average molecular weight is 348 g/mol. The number of benzene rings is 2. The van der Waals surface area contributed by atoms with Crippen LogP contribution >= 0.6 is 0 Å². The van der Waals surface area contributed by atoms with Gasteiger partial charge in [0.15, 0.2) is 0 Å². The number of carbonyl (C=O) groups excluding carboxylic acids is 1. The molecule has 0 saturated carbocycles. The van der Waals surface area contributed by atoms with E-state index in [0.717, 1.165) is 6.07 Å². The van der Waals surface area contributed by atoms with Gasteiger partial charge in [-0.05, 0) is 30.3 Å². The minimum absolute atomic E-state index is 0.122. The van der Waals surface area contributed by atoms with Crippen LogP contribution in [0.15, 0.2) is 52.4 Å². The van der Waals surface area contributed by atoms with E-state index in [1.165, 1.54) is 25.3 Å². The second kappa shape index (κ2) is 6.04. The zero-order valence-corrected chi connectivity index (χ0v) is 13.4. The molecule has 3 rings (SSSR count). The zero-order valence-electron chi connectivity index (χ0n) is 12.6. The Morgan fingerprint density at radius 1 is 1.25 bits per heavy atom. The Labute approximate surface area is 138 Å². The van der Waals surface area contributed by atoms with Crippen LogP contribution in [-0.2, 0) is 21.3 Å². The lowest BCUT2D eigenvalue weighted by Crippen LogP contribution is -2.22. The standard InChI is InChI=1S/C16H13FN2O4S/c1-23-16(20)10-6-7-13(17)11(8-10)9-18-15-12-4-2-3-5-14(12)24(21,22)19-15/h2-8H,9H2,1H3,(H,18,19). The minimum atomic E-state index is -3.64. The molecule has 0 aliphatic carbocycles. The summed E-state index contributed by atoms with van der Waals surface area (Å²) in [6, 6.07) is 10.2. The second-order valence-corrected chi connectivity index (χ2v) is 6.72. The monoisotopic (exact) mass is 348 g/mol. The van der Waals surface area contributed by atoms with Crippen molar-refractivity contribution in [1.29, 1.82) is 0 Å². The summed E-state index contributed by atoms with van der Waals surface area (Å²) in [5.74, 6) is -0.981. The average Bonchev–Trinajstić information content (AvgIpc) is 2.84. The van der Waals surface area contributed by atoms with Crippen molar-refractivity contribution in [3.05, 3.63) is 65.0 Å². The molecule has 0 unspecified atom stereocenters. The first-order valence-corrected chi connectivity index (χ1v) is 8.44. The van der Waals surface area contributed by atoms with Crippen LogP contribution in [0, 0.1) is 5.82 Å². The van der Waals surface area contributed by atoms with Crippen LogP contribution in [0.4, 0.5) is 4.39 Å². The number of carbonyl (C=O) groups is 1. The minimum Gasteiger partial charge on any atom is -0.465 e. The van der Waals surface area contributed by atoms with Crippen molar-refractivity contribution < 1.29 is 22.3 Å². The molecule has 1 heterocycles. The second-order valence-electron chi connectivity index (χ2n) is 5.06. The SMILES string of the molecule is COC(=O)c1ccc(F)c(CN=C2NS(=O)(=O)c3ccccc32)c1. The number of hydrogen-bond acceptors (Lipinski definition) is 5. The molecule has 0 radical (unpaired) electrons. The Morgan fingerprint density at radius 2 is 2.00 bits per heavy atom. The summed E-state index contributed by atoms with van der Waals surface area (Å²) in [4.78, 5) is 15.8. The maximum absolute atomic E-state index is 13.9. The van der Waals surface area contributed by atoms with E-state index in [9.17, 15) is 17.6 Å². The maximum Gasteiger partial charge on any atom is 0.337 e. The molecule has 0 saturated heterocycles. The molecule has 0 aromatic heterocycles. The van der Waals surface area contributed by atoms with E-state index in [0.29, 0.717) is 5.56 Å². The molecule has 8 heteroatoms. The van der Waals surface area contributed by atoms with Crippen LogP contribution in [0.1, 0.15) is 21.5 Å². The number of amidine groups is 1. The van der Waals surface area contributed by atoms with Crippen LogP contribution in [0.25, 0.3) is 0 Å². The molecule has 1 N–H and O–H groups in total. The van der Waals surface area contributed by atoms with Gasteiger partial charge in [-0.1, -0.05) is 12.1 Å². The fourth-order valence-electron chi connectivity index (χ4n) is 2.36. The summed E-state index contributed by atoms with van der Waals surface area (Å²) in [5.41, 5.74) is 0.789. The largest absolute Gasteiger partial charge is 0.465 e.